The van der Waals surface area contributed by atoms with E-state index in [0.717, 1.165) is 23.0 Å². The molecule has 5 heteroatoms. The largest absolute Gasteiger partial charge is 0.385 e. The lowest BCUT2D eigenvalue weighted by molar-refractivity contribution is -0.124. The minimum absolute atomic E-state index is 0.0518. The first-order chi connectivity index (χ1) is 10.6. The summed E-state index contributed by atoms with van der Waals surface area (Å²) in [7, 11) is 3.43. The van der Waals surface area contributed by atoms with Crippen LogP contribution in [0.15, 0.2) is 36.4 Å². The van der Waals surface area contributed by atoms with Gasteiger partial charge < -0.3 is 9.64 Å². The Labute approximate surface area is 135 Å². The molecule has 0 unspecified atom stereocenters. The molecule has 0 radical (unpaired) electrons. The molecule has 2 rings (SSSR count). The van der Waals surface area contributed by atoms with Gasteiger partial charge in [-0.15, -0.1) is 0 Å². The number of halogens is 1. The van der Waals surface area contributed by atoms with Crippen molar-refractivity contribution in [3.63, 3.8) is 0 Å². The molecular weight excluding hydrogens is 300 g/mol. The Balaban J connectivity index is 2.04. The molecule has 0 N–H and O–H groups in total. The van der Waals surface area contributed by atoms with Gasteiger partial charge in [0.25, 0.3) is 0 Å². The summed E-state index contributed by atoms with van der Waals surface area (Å²) in [6.45, 7) is 1.31. The fourth-order valence-corrected chi connectivity index (χ4v) is 2.21. The topological polar surface area (TPSA) is 42.4 Å². The number of fused-ring (bicyclic) bond motifs is 1. The summed E-state index contributed by atoms with van der Waals surface area (Å²) in [6.07, 6.45) is 4.07. The van der Waals surface area contributed by atoms with Crippen molar-refractivity contribution in [2.24, 2.45) is 0 Å². The predicted molar refractivity (Wildman–Crippen MR) is 89.9 cm³/mol. The van der Waals surface area contributed by atoms with Gasteiger partial charge >= 0.3 is 0 Å². The van der Waals surface area contributed by atoms with Gasteiger partial charge in [0.2, 0.25) is 5.91 Å². The highest BCUT2D eigenvalue weighted by Gasteiger charge is 2.04. The Morgan fingerprint density at radius 3 is 2.91 bits per heavy atom. The summed E-state index contributed by atoms with van der Waals surface area (Å²) in [5.41, 5.74) is 1.55. The molecule has 0 aliphatic rings. The van der Waals surface area contributed by atoms with Gasteiger partial charge in [-0.3, -0.25) is 4.79 Å². The van der Waals surface area contributed by atoms with Crippen molar-refractivity contribution in [1.82, 2.24) is 9.88 Å². The quantitative estimate of drug-likeness (QED) is 0.605. The molecule has 1 aromatic carbocycles. The number of aromatic nitrogens is 1. The van der Waals surface area contributed by atoms with Crippen molar-refractivity contribution in [3.05, 3.63) is 47.1 Å². The summed E-state index contributed by atoms with van der Waals surface area (Å²) < 4.78 is 4.98. The third kappa shape index (κ3) is 4.55. The number of nitrogens with zero attached hydrogens (tertiary/aromatic N) is 2. The van der Waals surface area contributed by atoms with Gasteiger partial charge in [-0.1, -0.05) is 23.7 Å². The molecule has 0 fully saturated rings. The number of ether oxygens (including phenoxy) is 1. The number of hydrogen-bond donors (Lipinski definition) is 0. The van der Waals surface area contributed by atoms with Crippen LogP contribution in [0.25, 0.3) is 17.0 Å². The van der Waals surface area contributed by atoms with E-state index in [1.807, 2.05) is 30.3 Å². The lowest BCUT2D eigenvalue weighted by Gasteiger charge is -2.14. The van der Waals surface area contributed by atoms with Crippen LogP contribution in [0.2, 0.25) is 5.02 Å². The summed E-state index contributed by atoms with van der Waals surface area (Å²) in [6, 6.07) is 9.41. The van der Waals surface area contributed by atoms with Crippen LogP contribution in [0.3, 0.4) is 0 Å². The summed E-state index contributed by atoms with van der Waals surface area (Å²) in [5, 5.41) is 1.67. The number of amides is 1. The number of likely N-dealkylation sites (N-methyl/N-ethyl adjacent to an activating group) is 1. The number of benzene rings is 1. The fourth-order valence-electron chi connectivity index (χ4n) is 2.04. The average Bonchev–Trinajstić information content (AvgIpc) is 2.52. The predicted octanol–water partition coefficient (Wildman–Crippen LogP) is 3.40. The van der Waals surface area contributed by atoms with Crippen LogP contribution in [-0.2, 0) is 9.53 Å². The van der Waals surface area contributed by atoms with Crippen molar-refractivity contribution in [3.8, 4) is 0 Å². The number of methoxy groups -OCH3 is 1. The van der Waals surface area contributed by atoms with Crippen molar-refractivity contribution in [2.75, 3.05) is 27.3 Å². The molecule has 1 amide bonds. The van der Waals surface area contributed by atoms with Gasteiger partial charge in [0.15, 0.2) is 0 Å². The number of hydrogen-bond acceptors (Lipinski definition) is 3. The number of pyridine rings is 1. The first-order valence-corrected chi connectivity index (χ1v) is 7.46. The van der Waals surface area contributed by atoms with E-state index in [4.69, 9.17) is 16.3 Å². The summed E-state index contributed by atoms with van der Waals surface area (Å²) in [4.78, 5) is 18.1. The van der Waals surface area contributed by atoms with Crippen LogP contribution in [0, 0.1) is 0 Å². The smallest absolute Gasteiger partial charge is 0.246 e. The molecule has 0 saturated carbocycles. The molecule has 1 heterocycles. The Kier molecular flexibility index (Phi) is 5.92. The van der Waals surface area contributed by atoms with Crippen molar-refractivity contribution in [2.45, 2.75) is 6.42 Å². The highest BCUT2D eigenvalue weighted by Crippen LogP contribution is 2.18. The van der Waals surface area contributed by atoms with Gasteiger partial charge in [0.05, 0.1) is 11.2 Å². The van der Waals surface area contributed by atoms with E-state index in [2.05, 4.69) is 4.98 Å². The van der Waals surface area contributed by atoms with Gasteiger partial charge in [0, 0.05) is 43.8 Å². The van der Waals surface area contributed by atoms with E-state index < -0.39 is 0 Å². The SMILES string of the molecule is COCCCN(C)C(=O)/C=C/c1ccc2ccc(Cl)cc2n1. The number of carbonyl (C=O) groups is 1. The van der Waals surface area contributed by atoms with Crippen LogP contribution in [0.1, 0.15) is 12.1 Å². The Morgan fingerprint density at radius 2 is 2.14 bits per heavy atom. The fraction of sp³-hybridized carbons (Fsp3) is 0.294. The molecule has 2 aromatic rings. The van der Waals surface area contributed by atoms with Crippen LogP contribution >= 0.6 is 11.6 Å². The zero-order valence-electron chi connectivity index (χ0n) is 12.8. The van der Waals surface area contributed by atoms with Crippen molar-refractivity contribution in [1.29, 1.82) is 0 Å². The molecule has 4 nitrogen and oxygen atoms in total. The normalized spacial score (nSPS) is 11.2. The summed E-state index contributed by atoms with van der Waals surface area (Å²) in [5.74, 6) is -0.0518. The van der Waals surface area contributed by atoms with E-state index in [1.54, 1.807) is 25.1 Å². The maximum absolute atomic E-state index is 12.0. The molecule has 0 bridgehead atoms. The van der Waals surface area contributed by atoms with Gasteiger partial charge in [-0.05, 0) is 30.7 Å². The maximum Gasteiger partial charge on any atom is 0.246 e. The molecule has 0 saturated heterocycles. The third-order valence-electron chi connectivity index (χ3n) is 3.29. The zero-order valence-corrected chi connectivity index (χ0v) is 13.5. The lowest BCUT2D eigenvalue weighted by atomic mass is 10.2. The van der Waals surface area contributed by atoms with E-state index in [0.29, 0.717) is 18.2 Å². The van der Waals surface area contributed by atoms with E-state index in [1.165, 1.54) is 6.08 Å². The maximum atomic E-state index is 12.0. The molecule has 116 valence electrons. The van der Waals surface area contributed by atoms with Crippen LogP contribution in [0.5, 0.6) is 0 Å². The molecule has 0 aliphatic heterocycles. The highest BCUT2D eigenvalue weighted by atomic mass is 35.5. The van der Waals surface area contributed by atoms with Crippen molar-refractivity contribution < 1.29 is 9.53 Å². The van der Waals surface area contributed by atoms with Gasteiger partial charge in [0.1, 0.15) is 0 Å². The van der Waals surface area contributed by atoms with Crippen LogP contribution < -0.4 is 0 Å². The Hall–Kier alpha value is -1.91. The van der Waals surface area contributed by atoms with E-state index in [-0.39, 0.29) is 5.91 Å². The molecule has 22 heavy (non-hydrogen) atoms. The van der Waals surface area contributed by atoms with Gasteiger partial charge in [-0.2, -0.15) is 0 Å². The number of rotatable bonds is 6. The minimum Gasteiger partial charge on any atom is -0.385 e. The van der Waals surface area contributed by atoms with E-state index >= 15 is 0 Å². The molecule has 0 atom stereocenters. The van der Waals surface area contributed by atoms with E-state index in [9.17, 15) is 4.79 Å². The summed E-state index contributed by atoms with van der Waals surface area (Å²) >= 11 is 5.97. The molecule has 1 aromatic heterocycles. The highest BCUT2D eigenvalue weighted by molar-refractivity contribution is 6.31. The third-order valence-corrected chi connectivity index (χ3v) is 3.53. The minimum atomic E-state index is -0.0518. The second kappa shape index (κ2) is 7.92. The molecule has 0 spiro atoms. The first kappa shape index (κ1) is 16.5. The second-order valence-corrected chi connectivity index (χ2v) is 5.45. The monoisotopic (exact) mass is 318 g/mol. The Bertz CT molecular complexity index is 685. The Morgan fingerprint density at radius 1 is 1.36 bits per heavy atom. The van der Waals surface area contributed by atoms with Crippen LogP contribution in [0.4, 0.5) is 0 Å². The van der Waals surface area contributed by atoms with Gasteiger partial charge in [-0.25, -0.2) is 4.98 Å². The molecular formula is C17H19ClN2O2. The zero-order chi connectivity index (χ0) is 15.9. The standard InChI is InChI=1S/C17H19ClN2O2/c1-20(10-3-11-22-2)17(21)9-8-15-7-5-13-4-6-14(18)12-16(13)19-15/h4-9,12H,3,10-11H2,1-2H3/b9-8+. The lowest BCUT2D eigenvalue weighted by Crippen LogP contribution is -2.26. The second-order valence-electron chi connectivity index (χ2n) is 5.01. The average molecular weight is 319 g/mol. The van der Waals surface area contributed by atoms with Crippen molar-refractivity contribution >= 4 is 34.5 Å². The first-order valence-electron chi connectivity index (χ1n) is 7.08. The number of carbonyl (C=O) groups excluding carboxylic acids is 1. The van der Waals surface area contributed by atoms with Crippen LogP contribution in [-0.4, -0.2) is 43.1 Å². The molecule has 0 aliphatic carbocycles.